The van der Waals surface area contributed by atoms with E-state index in [1.54, 1.807) is 17.4 Å². The molecule has 0 fully saturated rings. The van der Waals surface area contributed by atoms with Crippen LogP contribution in [0.4, 0.5) is 4.79 Å². The first-order valence-corrected chi connectivity index (χ1v) is 8.06. The molecule has 0 saturated carbocycles. The van der Waals surface area contributed by atoms with Gasteiger partial charge in [0, 0.05) is 12.1 Å². The maximum absolute atomic E-state index is 11.7. The molecule has 0 bridgehead atoms. The standard InChI is InChI=1S/C17H19N3O2S/c1-11(19-16(21)22-17(2,3)4)5-8-15-20-13-7-6-12(10-18)9-14(13)23-15/h6-7,9H,1,5,8H2,2-4H3,(H,19,21). The molecule has 23 heavy (non-hydrogen) atoms. The molecule has 1 aromatic heterocycles. The fourth-order valence-corrected chi connectivity index (χ4v) is 2.92. The van der Waals surface area contributed by atoms with Gasteiger partial charge in [-0.3, -0.25) is 5.32 Å². The minimum Gasteiger partial charge on any atom is -0.444 e. The summed E-state index contributed by atoms with van der Waals surface area (Å²) in [5, 5.41) is 12.5. The third kappa shape index (κ3) is 5.08. The number of nitriles is 1. The second-order valence-corrected chi connectivity index (χ2v) is 7.25. The lowest BCUT2D eigenvalue weighted by molar-refractivity contribution is 0.0544. The van der Waals surface area contributed by atoms with Crippen molar-refractivity contribution >= 4 is 27.6 Å². The van der Waals surface area contributed by atoms with Gasteiger partial charge in [0.05, 0.1) is 26.9 Å². The van der Waals surface area contributed by atoms with Gasteiger partial charge >= 0.3 is 6.09 Å². The highest BCUT2D eigenvalue weighted by Gasteiger charge is 2.16. The van der Waals surface area contributed by atoms with Crippen LogP contribution in [0.5, 0.6) is 0 Å². The van der Waals surface area contributed by atoms with Crippen LogP contribution < -0.4 is 5.32 Å². The monoisotopic (exact) mass is 329 g/mol. The molecular formula is C17H19N3O2S. The minimum atomic E-state index is -0.532. The molecule has 0 aliphatic heterocycles. The molecule has 5 nitrogen and oxygen atoms in total. The Morgan fingerprint density at radius 3 is 2.87 bits per heavy atom. The van der Waals surface area contributed by atoms with Crippen LogP contribution in [0.1, 0.15) is 37.8 Å². The number of nitrogens with one attached hydrogen (secondary N) is 1. The van der Waals surface area contributed by atoms with Gasteiger partial charge in [-0.05, 0) is 45.4 Å². The highest BCUT2D eigenvalue weighted by atomic mass is 32.1. The van der Waals surface area contributed by atoms with E-state index in [1.165, 1.54) is 0 Å². The van der Waals surface area contributed by atoms with Gasteiger partial charge in [0.25, 0.3) is 0 Å². The lowest BCUT2D eigenvalue weighted by Gasteiger charge is -2.20. The molecule has 0 saturated heterocycles. The Morgan fingerprint density at radius 1 is 1.48 bits per heavy atom. The average molecular weight is 329 g/mol. The Hall–Kier alpha value is -2.39. The van der Waals surface area contributed by atoms with Gasteiger partial charge in [-0.25, -0.2) is 9.78 Å². The number of hydrogen-bond donors (Lipinski definition) is 1. The summed E-state index contributed by atoms with van der Waals surface area (Å²) in [6, 6.07) is 7.57. The van der Waals surface area contributed by atoms with Crippen LogP contribution in [-0.2, 0) is 11.2 Å². The number of ether oxygens (including phenoxy) is 1. The summed E-state index contributed by atoms with van der Waals surface area (Å²) in [6.45, 7) is 9.28. The van der Waals surface area contributed by atoms with E-state index in [4.69, 9.17) is 10.00 Å². The highest BCUT2D eigenvalue weighted by Crippen LogP contribution is 2.24. The van der Waals surface area contributed by atoms with Crippen LogP contribution in [0.2, 0.25) is 0 Å². The van der Waals surface area contributed by atoms with Gasteiger partial charge in [-0.2, -0.15) is 5.26 Å². The van der Waals surface area contributed by atoms with E-state index in [9.17, 15) is 4.79 Å². The number of alkyl carbamates (subject to hydrolysis) is 1. The Labute approximate surface area is 139 Å². The predicted octanol–water partition coefficient (Wildman–Crippen LogP) is 4.14. The van der Waals surface area contributed by atoms with Gasteiger partial charge in [0.2, 0.25) is 0 Å². The van der Waals surface area contributed by atoms with Gasteiger partial charge < -0.3 is 4.74 Å². The fourth-order valence-electron chi connectivity index (χ4n) is 1.92. The highest BCUT2D eigenvalue weighted by molar-refractivity contribution is 7.18. The van der Waals surface area contributed by atoms with E-state index >= 15 is 0 Å². The first kappa shape index (κ1) is 17.0. The van der Waals surface area contributed by atoms with Crippen molar-refractivity contribution in [2.24, 2.45) is 0 Å². The molecule has 120 valence electrons. The topological polar surface area (TPSA) is 75.0 Å². The Bertz CT molecular complexity index is 781. The van der Waals surface area contributed by atoms with Crippen LogP contribution in [0.15, 0.2) is 30.5 Å². The molecule has 1 aromatic carbocycles. The molecule has 0 radical (unpaired) electrons. The Balaban J connectivity index is 1.92. The zero-order chi connectivity index (χ0) is 17.0. The number of aromatic nitrogens is 1. The third-order valence-electron chi connectivity index (χ3n) is 2.88. The van der Waals surface area contributed by atoms with Crippen molar-refractivity contribution in [2.45, 2.75) is 39.2 Å². The van der Waals surface area contributed by atoms with Crippen molar-refractivity contribution in [1.29, 1.82) is 5.26 Å². The van der Waals surface area contributed by atoms with Crippen molar-refractivity contribution in [1.82, 2.24) is 10.3 Å². The molecule has 0 aliphatic carbocycles. The summed E-state index contributed by atoms with van der Waals surface area (Å²) in [4.78, 5) is 16.2. The third-order valence-corrected chi connectivity index (χ3v) is 3.96. The number of carbonyl (C=O) groups excluding carboxylic acids is 1. The number of benzene rings is 1. The molecule has 1 heterocycles. The Kier molecular flexibility index (Phi) is 5.02. The zero-order valence-corrected chi connectivity index (χ0v) is 14.3. The van der Waals surface area contributed by atoms with E-state index in [1.807, 2.05) is 32.9 Å². The zero-order valence-electron chi connectivity index (χ0n) is 13.5. The molecule has 1 amide bonds. The summed E-state index contributed by atoms with van der Waals surface area (Å²) in [5.74, 6) is 0. The maximum atomic E-state index is 11.7. The van der Waals surface area contributed by atoms with E-state index in [0.717, 1.165) is 15.2 Å². The van der Waals surface area contributed by atoms with Crippen LogP contribution in [0, 0.1) is 11.3 Å². The van der Waals surface area contributed by atoms with Crippen LogP contribution in [-0.4, -0.2) is 16.7 Å². The van der Waals surface area contributed by atoms with Crippen molar-refractivity contribution in [2.75, 3.05) is 0 Å². The molecule has 2 aromatic rings. The average Bonchev–Trinajstić information content (AvgIpc) is 2.84. The molecule has 0 spiro atoms. The first-order valence-electron chi connectivity index (χ1n) is 7.24. The van der Waals surface area contributed by atoms with E-state index < -0.39 is 11.7 Å². The molecule has 1 N–H and O–H groups in total. The normalized spacial score (nSPS) is 11.0. The lowest BCUT2D eigenvalue weighted by Crippen LogP contribution is -2.31. The van der Waals surface area contributed by atoms with Gasteiger partial charge in [0.15, 0.2) is 0 Å². The van der Waals surface area contributed by atoms with Crippen LogP contribution >= 0.6 is 11.3 Å². The largest absolute Gasteiger partial charge is 0.444 e. The predicted molar refractivity (Wildman–Crippen MR) is 91.2 cm³/mol. The van der Waals surface area contributed by atoms with Gasteiger partial charge in [-0.15, -0.1) is 11.3 Å². The van der Waals surface area contributed by atoms with Crippen LogP contribution in [0.3, 0.4) is 0 Å². The number of nitrogens with zero attached hydrogens (tertiary/aromatic N) is 2. The molecule has 0 unspecified atom stereocenters. The number of fused-ring (bicyclic) bond motifs is 1. The molecule has 2 rings (SSSR count). The number of hydrogen-bond acceptors (Lipinski definition) is 5. The van der Waals surface area contributed by atoms with E-state index in [2.05, 4.69) is 22.9 Å². The summed E-state index contributed by atoms with van der Waals surface area (Å²) in [5.41, 5.74) is 1.57. The van der Waals surface area contributed by atoms with Crippen molar-refractivity contribution < 1.29 is 9.53 Å². The second-order valence-electron chi connectivity index (χ2n) is 6.13. The van der Waals surface area contributed by atoms with Gasteiger partial charge in [-0.1, -0.05) is 6.58 Å². The molecule has 0 aliphatic rings. The second kappa shape index (κ2) is 6.80. The SMILES string of the molecule is C=C(CCc1nc2ccc(C#N)cc2s1)NC(=O)OC(C)(C)C. The van der Waals surface area contributed by atoms with Crippen molar-refractivity contribution in [3.05, 3.63) is 41.0 Å². The first-order chi connectivity index (χ1) is 10.8. The fraction of sp³-hybridized carbons (Fsp3) is 0.353. The number of rotatable bonds is 4. The number of amides is 1. The summed E-state index contributed by atoms with van der Waals surface area (Å²) in [6.07, 6.45) is 0.769. The minimum absolute atomic E-state index is 0.495. The quantitative estimate of drug-likeness (QED) is 0.914. The maximum Gasteiger partial charge on any atom is 0.411 e. The summed E-state index contributed by atoms with van der Waals surface area (Å²) >= 11 is 1.55. The summed E-state index contributed by atoms with van der Waals surface area (Å²) in [7, 11) is 0. The molecule has 6 heteroatoms. The van der Waals surface area contributed by atoms with E-state index in [-0.39, 0.29) is 0 Å². The number of carbonyl (C=O) groups is 1. The van der Waals surface area contributed by atoms with Crippen molar-refractivity contribution in [3.8, 4) is 6.07 Å². The number of thiazole rings is 1. The number of allylic oxidation sites excluding steroid dienone is 1. The van der Waals surface area contributed by atoms with Gasteiger partial charge in [0.1, 0.15) is 5.60 Å². The number of aryl methyl sites for hydroxylation is 1. The lowest BCUT2D eigenvalue weighted by atomic mass is 10.2. The van der Waals surface area contributed by atoms with E-state index in [0.29, 0.717) is 24.1 Å². The molecule has 0 atom stereocenters. The molecular weight excluding hydrogens is 310 g/mol. The Morgan fingerprint density at radius 2 is 2.22 bits per heavy atom. The van der Waals surface area contributed by atoms with Crippen molar-refractivity contribution in [3.63, 3.8) is 0 Å². The van der Waals surface area contributed by atoms with Crippen LogP contribution in [0.25, 0.3) is 10.2 Å². The summed E-state index contributed by atoms with van der Waals surface area (Å²) < 4.78 is 6.17. The smallest absolute Gasteiger partial charge is 0.411 e.